The maximum absolute atomic E-state index is 5.23. The highest BCUT2D eigenvalue weighted by Gasteiger charge is 2.31. The molecule has 0 spiro atoms. The lowest BCUT2D eigenvalue weighted by Crippen LogP contribution is -2.65. The van der Waals surface area contributed by atoms with Crippen molar-refractivity contribution in [2.45, 2.75) is 12.1 Å². The van der Waals surface area contributed by atoms with Crippen LogP contribution in [0.2, 0.25) is 0 Å². The summed E-state index contributed by atoms with van der Waals surface area (Å²) in [6, 6.07) is 1.33. The average molecular weight is 185 g/mol. The van der Waals surface area contributed by atoms with E-state index in [-0.39, 0.29) is 0 Å². The van der Waals surface area contributed by atoms with Crippen molar-refractivity contribution >= 4 is 0 Å². The predicted octanol–water partition coefficient (Wildman–Crippen LogP) is -1.12. The summed E-state index contributed by atoms with van der Waals surface area (Å²) in [5.41, 5.74) is 0. The summed E-state index contributed by atoms with van der Waals surface area (Å²) in [4.78, 5) is 2.58. The van der Waals surface area contributed by atoms with Gasteiger partial charge in [-0.25, -0.2) is 0 Å². The summed E-state index contributed by atoms with van der Waals surface area (Å²) < 4.78 is 5.23. The Kier molecular flexibility index (Phi) is 3.16. The van der Waals surface area contributed by atoms with Gasteiger partial charge in [0.1, 0.15) is 0 Å². The molecule has 4 heteroatoms. The van der Waals surface area contributed by atoms with Gasteiger partial charge >= 0.3 is 0 Å². The Morgan fingerprint density at radius 2 is 2.15 bits per heavy atom. The van der Waals surface area contributed by atoms with E-state index in [0.29, 0.717) is 6.04 Å². The van der Waals surface area contributed by atoms with Crippen molar-refractivity contribution in [3.63, 3.8) is 0 Å². The first-order chi connectivity index (χ1) is 6.42. The molecule has 76 valence electrons. The summed E-state index contributed by atoms with van der Waals surface area (Å²) in [5, 5.41) is 6.73. The molecule has 13 heavy (non-hydrogen) atoms. The van der Waals surface area contributed by atoms with Gasteiger partial charge in [-0.3, -0.25) is 4.90 Å². The first-order valence-electron chi connectivity index (χ1n) is 5.08. The smallest absolute Gasteiger partial charge is 0.0630 e. The monoisotopic (exact) mass is 185 g/mol. The lowest BCUT2D eigenvalue weighted by molar-refractivity contribution is 0.0269. The number of methoxy groups -OCH3 is 1. The van der Waals surface area contributed by atoms with Gasteiger partial charge in [0.2, 0.25) is 0 Å². The van der Waals surface area contributed by atoms with Crippen LogP contribution in [0.4, 0.5) is 0 Å². The van der Waals surface area contributed by atoms with Crippen molar-refractivity contribution in [1.82, 2.24) is 15.5 Å². The minimum atomic E-state index is 0.575. The van der Waals surface area contributed by atoms with Crippen LogP contribution < -0.4 is 10.6 Å². The Morgan fingerprint density at radius 3 is 2.77 bits per heavy atom. The fourth-order valence-corrected chi connectivity index (χ4v) is 2.11. The number of hydrogen-bond donors (Lipinski definition) is 2. The van der Waals surface area contributed by atoms with Crippen LogP contribution in [0, 0.1) is 0 Å². The van der Waals surface area contributed by atoms with Crippen LogP contribution >= 0.6 is 0 Å². The number of rotatable bonds is 3. The molecule has 0 aromatic heterocycles. The lowest BCUT2D eigenvalue weighted by atomic mass is 10.1. The highest BCUT2D eigenvalue weighted by Crippen LogP contribution is 2.11. The zero-order valence-corrected chi connectivity index (χ0v) is 8.25. The van der Waals surface area contributed by atoms with Crippen LogP contribution in [0.1, 0.15) is 0 Å². The topological polar surface area (TPSA) is 36.5 Å². The fraction of sp³-hybridized carbons (Fsp3) is 1.00. The summed E-state index contributed by atoms with van der Waals surface area (Å²) in [6.45, 7) is 6.52. The van der Waals surface area contributed by atoms with E-state index in [1.54, 1.807) is 7.11 Å². The molecule has 0 aromatic carbocycles. The average Bonchev–Trinajstić information content (AvgIpc) is 2.05. The standard InChI is InChI=1S/C9H19N3O/c1-13-7-9-6-10-2-3-12(9)8-4-11-5-8/h8-11H,2-7H2,1H3/t9-/m0/s1. The van der Waals surface area contributed by atoms with Crippen LogP contribution in [-0.4, -0.2) is 63.4 Å². The van der Waals surface area contributed by atoms with Gasteiger partial charge in [0, 0.05) is 51.9 Å². The van der Waals surface area contributed by atoms with Crippen LogP contribution in [0.25, 0.3) is 0 Å². The highest BCUT2D eigenvalue weighted by atomic mass is 16.5. The molecule has 4 nitrogen and oxygen atoms in total. The van der Waals surface area contributed by atoms with E-state index in [0.717, 1.165) is 38.8 Å². The molecule has 2 aliphatic rings. The maximum Gasteiger partial charge on any atom is 0.0630 e. The Hall–Kier alpha value is -0.160. The Morgan fingerprint density at radius 1 is 1.31 bits per heavy atom. The van der Waals surface area contributed by atoms with Gasteiger partial charge < -0.3 is 15.4 Å². The van der Waals surface area contributed by atoms with Crippen LogP contribution in [0.15, 0.2) is 0 Å². The van der Waals surface area contributed by atoms with E-state index in [1.165, 1.54) is 6.54 Å². The molecule has 0 amide bonds. The molecule has 2 saturated heterocycles. The van der Waals surface area contributed by atoms with Gasteiger partial charge in [-0.1, -0.05) is 0 Å². The quantitative estimate of drug-likeness (QED) is 0.584. The first kappa shape index (κ1) is 9.40. The Bertz CT molecular complexity index is 159. The third-order valence-electron chi connectivity index (χ3n) is 2.98. The second kappa shape index (κ2) is 4.37. The van der Waals surface area contributed by atoms with E-state index in [1.807, 2.05) is 0 Å². The molecule has 1 atom stereocenters. The van der Waals surface area contributed by atoms with Crippen molar-refractivity contribution in [2.75, 3.05) is 46.4 Å². The molecule has 0 radical (unpaired) electrons. The van der Waals surface area contributed by atoms with Crippen LogP contribution in [-0.2, 0) is 4.74 Å². The predicted molar refractivity (Wildman–Crippen MR) is 51.9 cm³/mol. The molecule has 2 heterocycles. The minimum absolute atomic E-state index is 0.575. The van der Waals surface area contributed by atoms with Crippen molar-refractivity contribution in [2.24, 2.45) is 0 Å². The fourth-order valence-electron chi connectivity index (χ4n) is 2.11. The summed E-state index contributed by atoms with van der Waals surface area (Å²) >= 11 is 0. The molecular weight excluding hydrogens is 166 g/mol. The molecule has 0 unspecified atom stereocenters. The largest absolute Gasteiger partial charge is 0.383 e. The number of piperazine rings is 1. The van der Waals surface area contributed by atoms with Crippen molar-refractivity contribution in [1.29, 1.82) is 0 Å². The third-order valence-corrected chi connectivity index (χ3v) is 2.98. The minimum Gasteiger partial charge on any atom is -0.383 e. The van der Waals surface area contributed by atoms with Gasteiger partial charge in [-0.2, -0.15) is 0 Å². The zero-order valence-electron chi connectivity index (χ0n) is 8.25. The number of hydrogen-bond acceptors (Lipinski definition) is 4. The zero-order chi connectivity index (χ0) is 9.10. The second-order valence-corrected chi connectivity index (χ2v) is 3.86. The first-order valence-corrected chi connectivity index (χ1v) is 5.08. The van der Waals surface area contributed by atoms with Crippen molar-refractivity contribution in [3.05, 3.63) is 0 Å². The molecule has 2 fully saturated rings. The third kappa shape index (κ3) is 2.02. The number of ether oxygens (including phenoxy) is 1. The Balaban J connectivity index is 1.87. The van der Waals surface area contributed by atoms with Crippen LogP contribution in [0.3, 0.4) is 0 Å². The number of nitrogens with one attached hydrogen (secondary N) is 2. The molecule has 2 N–H and O–H groups in total. The van der Waals surface area contributed by atoms with Crippen molar-refractivity contribution in [3.8, 4) is 0 Å². The summed E-state index contributed by atoms with van der Waals surface area (Å²) in [5.74, 6) is 0. The summed E-state index contributed by atoms with van der Waals surface area (Å²) in [6.07, 6.45) is 0. The van der Waals surface area contributed by atoms with Crippen LogP contribution in [0.5, 0.6) is 0 Å². The lowest BCUT2D eigenvalue weighted by Gasteiger charge is -2.45. The van der Waals surface area contributed by atoms with Gasteiger partial charge in [-0.05, 0) is 0 Å². The van der Waals surface area contributed by atoms with E-state index in [9.17, 15) is 0 Å². The molecule has 2 rings (SSSR count). The van der Waals surface area contributed by atoms with Gasteiger partial charge in [0.25, 0.3) is 0 Å². The van der Waals surface area contributed by atoms with Gasteiger partial charge in [0.05, 0.1) is 6.61 Å². The van der Waals surface area contributed by atoms with E-state index in [4.69, 9.17) is 4.74 Å². The molecule has 0 aliphatic carbocycles. The summed E-state index contributed by atoms with van der Waals surface area (Å²) in [7, 11) is 1.78. The normalized spacial score (nSPS) is 31.6. The van der Waals surface area contributed by atoms with E-state index >= 15 is 0 Å². The van der Waals surface area contributed by atoms with Crippen molar-refractivity contribution < 1.29 is 4.74 Å². The molecule has 0 saturated carbocycles. The molecule has 2 aliphatic heterocycles. The highest BCUT2D eigenvalue weighted by molar-refractivity contribution is 4.91. The SMILES string of the molecule is COC[C@@H]1CNCCN1C1CNC1. The molecule has 0 bridgehead atoms. The second-order valence-electron chi connectivity index (χ2n) is 3.86. The van der Waals surface area contributed by atoms with E-state index in [2.05, 4.69) is 15.5 Å². The Labute approximate surface area is 79.6 Å². The maximum atomic E-state index is 5.23. The number of nitrogens with zero attached hydrogens (tertiary/aromatic N) is 1. The molecular formula is C9H19N3O. The molecule has 0 aromatic rings. The van der Waals surface area contributed by atoms with E-state index < -0.39 is 0 Å². The van der Waals surface area contributed by atoms with Gasteiger partial charge in [-0.15, -0.1) is 0 Å². The van der Waals surface area contributed by atoms with Gasteiger partial charge in [0.15, 0.2) is 0 Å².